The Morgan fingerprint density at radius 1 is 1.44 bits per heavy atom. The number of nitrogens with zero attached hydrogens (tertiary/aromatic N) is 2. The van der Waals surface area contributed by atoms with Gasteiger partial charge in [0.15, 0.2) is 5.17 Å². The standard InChI is InChI=1S/C9H14N2O2S.3HI.V/c1-6(12)5-14-8-10-9(2,3)7(13)11(8)4;;;;/h5H2,1-4H3;3*1H;/q;;;;+3/p-3. The third-order valence-corrected chi connectivity index (χ3v) is 3.07. The minimum atomic E-state index is -0.673. The number of thioether (sulfide) groups is 1. The van der Waals surface area contributed by atoms with E-state index in [4.69, 9.17) is 0 Å². The molecule has 0 aromatic rings. The number of aliphatic imine (C=N–C) groups is 1. The molecular formula is C9H14I3N2O2SV. The van der Waals surface area contributed by atoms with E-state index in [0.717, 1.165) is 0 Å². The molecule has 1 amide bonds. The van der Waals surface area contributed by atoms with Gasteiger partial charge in [0, 0.05) is 7.05 Å². The Kier molecular flexibility index (Phi) is 10.0. The Bertz CT molecular complexity index is 361. The summed E-state index contributed by atoms with van der Waals surface area (Å²) in [5.41, 5.74) is -0.673. The van der Waals surface area contributed by atoms with Crippen molar-refractivity contribution >= 4 is 88.6 Å². The Labute approximate surface area is 150 Å². The van der Waals surface area contributed by atoms with Crippen molar-refractivity contribution in [1.29, 1.82) is 0 Å². The van der Waals surface area contributed by atoms with E-state index in [1.165, 1.54) is 23.6 Å². The number of amides is 1. The first kappa shape index (κ1) is 19.9. The minimum absolute atomic E-state index is 0.0245. The summed E-state index contributed by atoms with van der Waals surface area (Å²) < 4.78 is 0. The van der Waals surface area contributed by atoms with E-state index >= 15 is 0 Å². The van der Waals surface area contributed by atoms with Gasteiger partial charge in [0.25, 0.3) is 5.91 Å². The molecule has 1 heterocycles. The van der Waals surface area contributed by atoms with Crippen molar-refractivity contribution in [3.05, 3.63) is 0 Å². The molecule has 0 spiro atoms. The maximum atomic E-state index is 11.6. The molecule has 9 heteroatoms. The Morgan fingerprint density at radius 2 is 1.89 bits per heavy atom. The van der Waals surface area contributed by atoms with Crippen LogP contribution in [-0.4, -0.2) is 40.1 Å². The molecule has 0 saturated carbocycles. The first-order valence-corrected chi connectivity index (χ1v) is 19.4. The van der Waals surface area contributed by atoms with E-state index in [2.05, 4.69) is 64.9 Å². The summed E-state index contributed by atoms with van der Waals surface area (Å²) in [6, 6.07) is 0. The number of likely N-dealkylation sites (N-methyl/N-ethyl adjacent to an activating group) is 1. The molecule has 0 aromatic heterocycles. The van der Waals surface area contributed by atoms with Gasteiger partial charge in [0.2, 0.25) is 0 Å². The van der Waals surface area contributed by atoms with Gasteiger partial charge in [-0.05, 0) is 20.8 Å². The van der Waals surface area contributed by atoms with Crippen LogP contribution >= 0.6 is 71.7 Å². The number of hydrogen-bond acceptors (Lipinski definition) is 4. The van der Waals surface area contributed by atoms with E-state index < -0.39 is 5.54 Å². The van der Waals surface area contributed by atoms with Crippen molar-refractivity contribution < 1.29 is 14.5 Å². The number of carbonyl (C=O) groups is 2. The van der Waals surface area contributed by atoms with Crippen LogP contribution in [0.1, 0.15) is 20.8 Å². The van der Waals surface area contributed by atoms with Gasteiger partial charge in [-0.1, -0.05) is 11.8 Å². The van der Waals surface area contributed by atoms with Crippen LogP contribution in [0.2, 0.25) is 0 Å². The molecule has 0 fully saturated rings. The topological polar surface area (TPSA) is 49.7 Å². The molecular weight excluding hydrogens is 632 g/mol. The zero-order chi connectivity index (χ0) is 14.5. The van der Waals surface area contributed by atoms with Crippen LogP contribution in [0.3, 0.4) is 0 Å². The summed E-state index contributed by atoms with van der Waals surface area (Å²) in [6.45, 7) is 5.07. The average molecular weight is 646 g/mol. The summed E-state index contributed by atoms with van der Waals surface area (Å²) in [7, 11) is 1.68. The van der Waals surface area contributed by atoms with Gasteiger partial charge >= 0.3 is 64.9 Å². The van der Waals surface area contributed by atoms with Crippen LogP contribution in [0.25, 0.3) is 0 Å². The van der Waals surface area contributed by atoms with E-state index in [-0.39, 0.29) is 16.6 Å². The summed E-state index contributed by atoms with van der Waals surface area (Å²) in [5.74, 6) is 0.429. The number of halogens is 3. The molecule has 1 aliphatic heterocycles. The monoisotopic (exact) mass is 646 g/mol. The molecule has 1 aliphatic rings. The molecule has 0 N–H and O–H groups in total. The predicted molar refractivity (Wildman–Crippen MR) is 99.5 cm³/mol. The van der Waals surface area contributed by atoms with Crippen molar-refractivity contribution in [1.82, 2.24) is 4.90 Å². The van der Waals surface area contributed by atoms with Crippen molar-refractivity contribution in [3.63, 3.8) is 0 Å². The summed E-state index contributed by atoms with van der Waals surface area (Å²) in [5, 5.41) is 0.634. The molecule has 0 atom stereocenters. The summed E-state index contributed by atoms with van der Waals surface area (Å²) >= 11 is 8.70. The van der Waals surface area contributed by atoms with Crippen LogP contribution in [-0.2, 0) is 14.5 Å². The maximum absolute atomic E-state index is 11.6. The molecule has 0 bridgehead atoms. The molecule has 0 aliphatic carbocycles. The normalized spacial score (nSPS) is 17.4. The van der Waals surface area contributed by atoms with Gasteiger partial charge in [0.1, 0.15) is 11.3 Å². The van der Waals surface area contributed by atoms with E-state index in [1.807, 2.05) is 0 Å². The zero-order valence-corrected chi connectivity index (χ0v) is 19.1. The second-order valence-corrected chi connectivity index (χ2v) is 40.3. The van der Waals surface area contributed by atoms with Crippen molar-refractivity contribution in [2.45, 2.75) is 26.3 Å². The van der Waals surface area contributed by atoms with Crippen molar-refractivity contribution in [3.8, 4) is 0 Å². The quantitative estimate of drug-likeness (QED) is 0.432. The van der Waals surface area contributed by atoms with E-state index in [0.29, 0.717) is 10.9 Å². The van der Waals surface area contributed by atoms with Crippen LogP contribution in [0.4, 0.5) is 0 Å². The van der Waals surface area contributed by atoms with Crippen LogP contribution in [0.15, 0.2) is 4.99 Å². The SMILES string of the molecule is CC(=O)CSC1=NC(C)(C)C(=O)N1C.[I][V]([I])[I]. The van der Waals surface area contributed by atoms with Gasteiger partial charge in [-0.2, -0.15) is 0 Å². The Hall–Kier alpha value is 1.93. The number of hydrogen-bond donors (Lipinski definition) is 0. The van der Waals surface area contributed by atoms with Crippen LogP contribution in [0.5, 0.6) is 0 Å². The molecule has 0 unspecified atom stereocenters. The summed E-state index contributed by atoms with van der Waals surface area (Å²) in [4.78, 5) is 27.9. The molecule has 18 heavy (non-hydrogen) atoms. The van der Waals surface area contributed by atoms with Gasteiger partial charge in [-0.3, -0.25) is 14.5 Å². The Balaban J connectivity index is 0.000000631. The molecule has 1 rings (SSSR count). The van der Waals surface area contributed by atoms with Crippen molar-refractivity contribution in [2.75, 3.05) is 12.8 Å². The number of amidine groups is 1. The summed E-state index contributed by atoms with van der Waals surface area (Å²) in [6.07, 6.45) is 0. The van der Waals surface area contributed by atoms with Gasteiger partial charge in [-0.15, -0.1) is 0 Å². The van der Waals surface area contributed by atoms with Crippen molar-refractivity contribution in [2.24, 2.45) is 4.99 Å². The van der Waals surface area contributed by atoms with Crippen LogP contribution < -0.4 is 0 Å². The molecule has 0 aromatic carbocycles. The third kappa shape index (κ3) is 7.65. The fraction of sp³-hybridized carbons (Fsp3) is 0.667. The van der Waals surface area contributed by atoms with E-state index in [9.17, 15) is 9.59 Å². The first-order chi connectivity index (χ1) is 8.08. The fourth-order valence-electron chi connectivity index (χ4n) is 1.15. The van der Waals surface area contributed by atoms with Gasteiger partial charge in [-0.25, -0.2) is 4.99 Å². The second kappa shape index (κ2) is 9.05. The molecule has 104 valence electrons. The predicted octanol–water partition coefficient (Wildman–Crippen LogP) is 3.57. The van der Waals surface area contributed by atoms with Crippen LogP contribution in [0, 0.1) is 0 Å². The average Bonchev–Trinajstić information content (AvgIpc) is 2.38. The number of Topliss-reactive ketones (excluding diaryl/α,β-unsaturated/α-hetero) is 1. The number of carbonyl (C=O) groups excluding carboxylic acids is 2. The zero-order valence-electron chi connectivity index (χ0n) is 10.4. The number of ketones is 1. The molecule has 0 radical (unpaired) electrons. The molecule has 4 nitrogen and oxygen atoms in total. The number of rotatable bonds is 2. The van der Waals surface area contributed by atoms with Gasteiger partial charge in [0.05, 0.1) is 5.75 Å². The van der Waals surface area contributed by atoms with E-state index in [1.54, 1.807) is 20.9 Å². The third-order valence-electron chi connectivity index (χ3n) is 1.89. The van der Waals surface area contributed by atoms with Gasteiger partial charge < -0.3 is 0 Å². The first-order valence-electron chi connectivity index (χ1n) is 4.85. The fourth-order valence-corrected chi connectivity index (χ4v) is 2.06. The molecule has 0 saturated heterocycles. The second-order valence-electron chi connectivity index (χ2n) is 4.00. The Morgan fingerprint density at radius 3 is 2.17 bits per heavy atom.